The lowest BCUT2D eigenvalue weighted by Gasteiger charge is -2.42. The molecule has 0 spiro atoms. The van der Waals surface area contributed by atoms with Crippen molar-refractivity contribution in [1.82, 2.24) is 0 Å². The SMILES string of the molecule is CC(C)CC(C)(C)C(=O)OC1C2CC3CC(C2)C(=O)OC1C3. The number of ether oxygens (including phenoxy) is 2. The van der Waals surface area contributed by atoms with Crippen LogP contribution in [-0.4, -0.2) is 24.1 Å². The molecular formula is C18H28O4. The van der Waals surface area contributed by atoms with Crippen molar-refractivity contribution in [2.75, 3.05) is 0 Å². The quantitative estimate of drug-likeness (QED) is 0.748. The summed E-state index contributed by atoms with van der Waals surface area (Å²) >= 11 is 0. The van der Waals surface area contributed by atoms with Crippen LogP contribution < -0.4 is 0 Å². The van der Waals surface area contributed by atoms with Gasteiger partial charge in [0.05, 0.1) is 11.3 Å². The van der Waals surface area contributed by atoms with Crippen molar-refractivity contribution in [3.05, 3.63) is 0 Å². The van der Waals surface area contributed by atoms with E-state index in [4.69, 9.17) is 9.47 Å². The van der Waals surface area contributed by atoms with Gasteiger partial charge in [-0.15, -0.1) is 0 Å². The maximum atomic E-state index is 12.6. The molecule has 4 heteroatoms. The average molecular weight is 308 g/mol. The van der Waals surface area contributed by atoms with Gasteiger partial charge < -0.3 is 9.47 Å². The smallest absolute Gasteiger partial charge is 0.311 e. The predicted molar refractivity (Wildman–Crippen MR) is 81.9 cm³/mol. The Labute approximate surface area is 132 Å². The molecule has 124 valence electrons. The summed E-state index contributed by atoms with van der Waals surface area (Å²) in [6, 6.07) is 0. The second kappa shape index (κ2) is 5.54. The van der Waals surface area contributed by atoms with Crippen LogP contribution in [0.4, 0.5) is 0 Å². The van der Waals surface area contributed by atoms with Crippen LogP contribution in [0, 0.1) is 29.1 Å². The molecule has 2 saturated heterocycles. The standard InChI is InChI=1S/C18H28O4/c1-10(2)9-18(3,4)17(20)22-15-12-5-11-6-13(8-12)16(19)21-14(15)7-11/h10-15H,5-9H2,1-4H3. The molecule has 0 aromatic rings. The molecule has 0 aromatic carbocycles. The molecule has 2 aliphatic heterocycles. The molecule has 2 aliphatic carbocycles. The maximum absolute atomic E-state index is 12.6. The minimum atomic E-state index is -0.484. The van der Waals surface area contributed by atoms with E-state index in [1.807, 2.05) is 13.8 Å². The molecule has 0 amide bonds. The zero-order valence-electron chi connectivity index (χ0n) is 14.1. The monoisotopic (exact) mass is 308 g/mol. The topological polar surface area (TPSA) is 52.6 Å². The largest absolute Gasteiger partial charge is 0.458 e. The summed E-state index contributed by atoms with van der Waals surface area (Å²) in [5, 5.41) is 0. The molecule has 4 bridgehead atoms. The molecule has 22 heavy (non-hydrogen) atoms. The highest BCUT2D eigenvalue weighted by Gasteiger charge is 2.52. The molecule has 4 aliphatic rings. The Bertz CT molecular complexity index is 468. The highest BCUT2D eigenvalue weighted by Crippen LogP contribution is 2.48. The summed E-state index contributed by atoms with van der Waals surface area (Å²) in [4.78, 5) is 24.7. The first-order chi connectivity index (χ1) is 10.3. The van der Waals surface area contributed by atoms with E-state index >= 15 is 0 Å². The Hall–Kier alpha value is -1.06. The van der Waals surface area contributed by atoms with Crippen LogP contribution in [0.15, 0.2) is 0 Å². The molecule has 2 heterocycles. The fourth-order valence-electron chi connectivity index (χ4n) is 4.82. The summed E-state index contributed by atoms with van der Waals surface area (Å²) in [6.07, 6.45) is 4.08. The van der Waals surface area contributed by atoms with Crippen molar-refractivity contribution in [1.29, 1.82) is 0 Å². The molecular weight excluding hydrogens is 280 g/mol. The number of carbonyl (C=O) groups is 2. The summed E-state index contributed by atoms with van der Waals surface area (Å²) in [5.74, 6) is 1.13. The van der Waals surface area contributed by atoms with Crippen LogP contribution in [-0.2, 0) is 19.1 Å². The summed E-state index contributed by atoms with van der Waals surface area (Å²) in [7, 11) is 0. The molecule has 0 N–H and O–H groups in total. The van der Waals surface area contributed by atoms with Crippen LogP contribution in [0.2, 0.25) is 0 Å². The Balaban J connectivity index is 1.73. The predicted octanol–water partition coefficient (Wildman–Crippen LogP) is 3.33. The summed E-state index contributed by atoms with van der Waals surface area (Å²) in [5.41, 5.74) is -0.484. The Morgan fingerprint density at radius 1 is 1.27 bits per heavy atom. The van der Waals surface area contributed by atoms with Gasteiger partial charge in [0.2, 0.25) is 0 Å². The molecule has 5 atom stereocenters. The number of rotatable bonds is 4. The molecule has 4 nitrogen and oxygen atoms in total. The zero-order chi connectivity index (χ0) is 16.1. The summed E-state index contributed by atoms with van der Waals surface area (Å²) < 4.78 is 11.5. The van der Waals surface area contributed by atoms with Crippen molar-refractivity contribution in [2.24, 2.45) is 29.1 Å². The summed E-state index contributed by atoms with van der Waals surface area (Å²) in [6.45, 7) is 8.13. The van der Waals surface area contributed by atoms with Gasteiger partial charge in [0.1, 0.15) is 12.2 Å². The fourth-order valence-corrected chi connectivity index (χ4v) is 4.82. The normalized spacial score (nSPS) is 37.1. The highest BCUT2D eigenvalue weighted by atomic mass is 16.6. The second-order valence-corrected chi connectivity index (χ2v) is 8.59. The Morgan fingerprint density at radius 3 is 2.68 bits per heavy atom. The third-order valence-corrected chi connectivity index (χ3v) is 5.55. The van der Waals surface area contributed by atoms with Crippen molar-refractivity contribution < 1.29 is 19.1 Å². The zero-order valence-corrected chi connectivity index (χ0v) is 14.1. The van der Waals surface area contributed by atoms with E-state index in [1.54, 1.807) is 0 Å². The van der Waals surface area contributed by atoms with Crippen LogP contribution in [0.1, 0.15) is 59.8 Å². The van der Waals surface area contributed by atoms with Crippen molar-refractivity contribution >= 4 is 11.9 Å². The van der Waals surface area contributed by atoms with E-state index in [9.17, 15) is 9.59 Å². The minimum Gasteiger partial charge on any atom is -0.458 e. The molecule has 0 radical (unpaired) electrons. The number of esters is 2. The van der Waals surface area contributed by atoms with E-state index in [1.165, 1.54) is 0 Å². The Kier molecular flexibility index (Phi) is 3.98. The van der Waals surface area contributed by atoms with Gasteiger partial charge in [-0.1, -0.05) is 13.8 Å². The van der Waals surface area contributed by atoms with E-state index in [0.717, 1.165) is 32.1 Å². The van der Waals surface area contributed by atoms with Crippen LogP contribution in [0.25, 0.3) is 0 Å². The second-order valence-electron chi connectivity index (χ2n) is 8.59. The number of hydrogen-bond acceptors (Lipinski definition) is 4. The lowest BCUT2D eigenvalue weighted by atomic mass is 9.67. The van der Waals surface area contributed by atoms with Gasteiger partial charge in [-0.3, -0.25) is 9.59 Å². The fraction of sp³-hybridized carbons (Fsp3) is 0.889. The van der Waals surface area contributed by atoms with Gasteiger partial charge in [0, 0.05) is 5.92 Å². The first-order valence-electron chi connectivity index (χ1n) is 8.68. The van der Waals surface area contributed by atoms with Gasteiger partial charge in [-0.25, -0.2) is 0 Å². The number of hydrogen-bond donors (Lipinski definition) is 0. The average Bonchev–Trinajstić information content (AvgIpc) is 2.55. The molecule has 4 rings (SSSR count). The minimum absolute atomic E-state index is 0.0288. The third-order valence-electron chi connectivity index (χ3n) is 5.55. The molecule has 0 aromatic heterocycles. The van der Waals surface area contributed by atoms with E-state index in [2.05, 4.69) is 13.8 Å². The first kappa shape index (κ1) is 15.8. The van der Waals surface area contributed by atoms with Crippen LogP contribution in [0.3, 0.4) is 0 Å². The lowest BCUT2D eigenvalue weighted by molar-refractivity contribution is -0.180. The van der Waals surface area contributed by atoms with E-state index in [0.29, 0.717) is 17.8 Å². The number of fused-ring (bicyclic) bond motifs is 1. The van der Waals surface area contributed by atoms with Crippen LogP contribution >= 0.6 is 0 Å². The van der Waals surface area contributed by atoms with Gasteiger partial charge in [0.15, 0.2) is 0 Å². The first-order valence-corrected chi connectivity index (χ1v) is 8.68. The Morgan fingerprint density at radius 2 is 2.00 bits per heavy atom. The molecule has 4 fully saturated rings. The maximum Gasteiger partial charge on any atom is 0.311 e. The molecule has 2 saturated carbocycles. The van der Waals surface area contributed by atoms with Gasteiger partial charge >= 0.3 is 11.9 Å². The van der Waals surface area contributed by atoms with E-state index < -0.39 is 5.41 Å². The third kappa shape index (κ3) is 2.89. The van der Waals surface area contributed by atoms with Gasteiger partial charge in [0.25, 0.3) is 0 Å². The van der Waals surface area contributed by atoms with Crippen molar-refractivity contribution in [3.63, 3.8) is 0 Å². The number of carbonyl (C=O) groups excluding carboxylic acids is 2. The van der Waals surface area contributed by atoms with Crippen molar-refractivity contribution in [2.45, 2.75) is 72.0 Å². The molecule has 5 unspecified atom stereocenters. The van der Waals surface area contributed by atoms with Crippen LogP contribution in [0.5, 0.6) is 0 Å². The van der Waals surface area contributed by atoms with Gasteiger partial charge in [-0.05, 0) is 57.8 Å². The van der Waals surface area contributed by atoms with Crippen molar-refractivity contribution in [3.8, 4) is 0 Å². The lowest BCUT2D eigenvalue weighted by Crippen LogP contribution is -2.47. The van der Waals surface area contributed by atoms with E-state index in [-0.39, 0.29) is 30.1 Å². The van der Waals surface area contributed by atoms with Gasteiger partial charge in [-0.2, -0.15) is 0 Å². The highest BCUT2D eigenvalue weighted by molar-refractivity contribution is 5.77.